The Balaban J connectivity index is 1.99. The van der Waals surface area contributed by atoms with Gasteiger partial charge in [-0.3, -0.25) is 9.69 Å². The minimum Gasteiger partial charge on any atom is -0.396 e. The summed E-state index contributed by atoms with van der Waals surface area (Å²) in [5.74, 6) is -0.523. The number of halogens is 1. The summed E-state index contributed by atoms with van der Waals surface area (Å²) in [6.07, 6.45) is 0.546. The number of hydrogen-bond donors (Lipinski definition) is 2. The lowest BCUT2D eigenvalue weighted by molar-refractivity contribution is -0.117. The molecule has 0 saturated carbocycles. The Bertz CT molecular complexity index is 617. The Hall–Kier alpha value is -2.24. The number of carbonyl (C=O) groups is 1. The third kappa shape index (κ3) is 5.16. The molecule has 1 atom stereocenters. The molecule has 0 aromatic heterocycles. The van der Waals surface area contributed by atoms with Crippen LogP contribution in [0.5, 0.6) is 0 Å². The van der Waals surface area contributed by atoms with E-state index in [9.17, 15) is 14.3 Å². The van der Waals surface area contributed by atoms with Gasteiger partial charge in [0.2, 0.25) is 5.91 Å². The van der Waals surface area contributed by atoms with Crippen molar-refractivity contribution < 1.29 is 14.3 Å². The van der Waals surface area contributed by atoms with E-state index < -0.39 is 0 Å². The zero-order valence-electron chi connectivity index (χ0n) is 13.1. The number of carbonyl (C=O) groups excluding carboxylic acids is 1. The van der Waals surface area contributed by atoms with E-state index in [0.717, 1.165) is 5.56 Å². The molecule has 2 N–H and O–H groups in total. The van der Waals surface area contributed by atoms with Crippen molar-refractivity contribution in [2.75, 3.05) is 25.5 Å². The molecular formula is C18H21FN2O2. The molecule has 2 aromatic rings. The van der Waals surface area contributed by atoms with Crippen LogP contribution in [0.1, 0.15) is 18.0 Å². The smallest absolute Gasteiger partial charge is 0.238 e. The van der Waals surface area contributed by atoms with E-state index in [1.165, 1.54) is 24.3 Å². The number of benzene rings is 2. The van der Waals surface area contributed by atoms with Crippen molar-refractivity contribution >= 4 is 11.6 Å². The fraction of sp³-hybridized carbons (Fsp3) is 0.278. The molecule has 23 heavy (non-hydrogen) atoms. The lowest BCUT2D eigenvalue weighted by Gasteiger charge is -2.27. The van der Waals surface area contributed by atoms with Crippen LogP contribution in [0.15, 0.2) is 54.6 Å². The second kappa shape index (κ2) is 8.41. The lowest BCUT2D eigenvalue weighted by Crippen LogP contribution is -2.33. The summed E-state index contributed by atoms with van der Waals surface area (Å²) in [4.78, 5) is 14.0. The maximum atomic E-state index is 12.9. The van der Waals surface area contributed by atoms with Crippen LogP contribution in [0.3, 0.4) is 0 Å². The topological polar surface area (TPSA) is 52.6 Å². The molecule has 2 aromatic carbocycles. The van der Waals surface area contributed by atoms with Crippen molar-refractivity contribution in [1.82, 2.24) is 4.90 Å². The predicted octanol–water partition coefficient (Wildman–Crippen LogP) is 2.82. The highest BCUT2D eigenvalue weighted by Crippen LogP contribution is 2.22. The summed E-state index contributed by atoms with van der Waals surface area (Å²) in [5.41, 5.74) is 1.61. The molecule has 0 aliphatic rings. The summed E-state index contributed by atoms with van der Waals surface area (Å²) in [7, 11) is 1.84. The van der Waals surface area contributed by atoms with Gasteiger partial charge in [-0.25, -0.2) is 4.39 Å². The summed E-state index contributed by atoms with van der Waals surface area (Å²) in [6, 6.07) is 15.4. The number of likely N-dealkylation sites (N-methyl/N-ethyl adjacent to an activating group) is 1. The monoisotopic (exact) mass is 316 g/mol. The highest BCUT2D eigenvalue weighted by molar-refractivity contribution is 5.92. The van der Waals surface area contributed by atoms with Crippen molar-refractivity contribution in [3.8, 4) is 0 Å². The van der Waals surface area contributed by atoms with Gasteiger partial charge in [-0.15, -0.1) is 0 Å². The number of anilines is 1. The third-order valence-electron chi connectivity index (χ3n) is 3.64. The summed E-state index contributed by atoms with van der Waals surface area (Å²) in [6.45, 7) is 0.223. The number of amides is 1. The summed E-state index contributed by atoms with van der Waals surface area (Å²) < 4.78 is 12.9. The Labute approximate surface area is 135 Å². The van der Waals surface area contributed by atoms with Gasteiger partial charge in [0.25, 0.3) is 0 Å². The molecule has 0 radical (unpaired) electrons. The van der Waals surface area contributed by atoms with Gasteiger partial charge in [-0.1, -0.05) is 30.3 Å². The molecule has 0 heterocycles. The number of nitrogens with one attached hydrogen (secondary N) is 1. The van der Waals surface area contributed by atoms with Gasteiger partial charge < -0.3 is 10.4 Å². The lowest BCUT2D eigenvalue weighted by atomic mass is 10.0. The standard InChI is InChI=1S/C18H21FN2O2/c1-21(17(11-12-22)14-5-3-2-4-6-14)13-18(23)20-16-9-7-15(19)8-10-16/h2-10,17,22H,11-13H2,1H3,(H,20,23). The first-order valence-electron chi connectivity index (χ1n) is 7.51. The minimum atomic E-state index is -0.341. The van der Waals surface area contributed by atoms with Crippen molar-refractivity contribution in [2.45, 2.75) is 12.5 Å². The molecule has 0 aliphatic heterocycles. The van der Waals surface area contributed by atoms with Crippen LogP contribution in [0.4, 0.5) is 10.1 Å². The minimum absolute atomic E-state index is 0.0415. The first kappa shape index (κ1) is 17.1. The molecule has 0 spiro atoms. The molecule has 0 saturated heterocycles. The average Bonchev–Trinajstić information content (AvgIpc) is 2.55. The van der Waals surface area contributed by atoms with Crippen LogP contribution in [0.2, 0.25) is 0 Å². The predicted molar refractivity (Wildman–Crippen MR) is 88.5 cm³/mol. The zero-order valence-corrected chi connectivity index (χ0v) is 13.1. The summed E-state index contributed by atoms with van der Waals surface area (Å²) >= 11 is 0. The van der Waals surface area contributed by atoms with Gasteiger partial charge in [0.1, 0.15) is 5.82 Å². The van der Waals surface area contributed by atoms with E-state index in [-0.39, 0.29) is 30.9 Å². The highest BCUT2D eigenvalue weighted by Gasteiger charge is 2.18. The third-order valence-corrected chi connectivity index (χ3v) is 3.64. The molecular weight excluding hydrogens is 295 g/mol. The zero-order chi connectivity index (χ0) is 16.7. The molecule has 0 bridgehead atoms. The fourth-order valence-corrected chi connectivity index (χ4v) is 2.51. The van der Waals surface area contributed by atoms with E-state index in [1.807, 2.05) is 42.3 Å². The maximum absolute atomic E-state index is 12.9. The number of rotatable bonds is 7. The molecule has 5 heteroatoms. The molecule has 1 amide bonds. The highest BCUT2D eigenvalue weighted by atomic mass is 19.1. The number of nitrogens with zero attached hydrogens (tertiary/aromatic N) is 1. The fourth-order valence-electron chi connectivity index (χ4n) is 2.51. The van der Waals surface area contributed by atoms with Crippen molar-refractivity contribution in [3.05, 3.63) is 66.0 Å². The second-order valence-electron chi connectivity index (χ2n) is 5.41. The number of aliphatic hydroxyl groups is 1. The Morgan fingerprint density at radius 2 is 1.83 bits per heavy atom. The summed E-state index contributed by atoms with van der Waals surface area (Å²) in [5, 5.41) is 12.0. The first-order valence-corrected chi connectivity index (χ1v) is 7.51. The largest absolute Gasteiger partial charge is 0.396 e. The Morgan fingerprint density at radius 1 is 1.17 bits per heavy atom. The van der Waals surface area contributed by atoms with Gasteiger partial charge in [0, 0.05) is 18.3 Å². The average molecular weight is 316 g/mol. The van der Waals surface area contributed by atoms with E-state index in [0.29, 0.717) is 12.1 Å². The first-order chi connectivity index (χ1) is 11.1. The van der Waals surface area contributed by atoms with Crippen LogP contribution < -0.4 is 5.32 Å². The van der Waals surface area contributed by atoms with E-state index >= 15 is 0 Å². The number of hydrogen-bond acceptors (Lipinski definition) is 3. The van der Waals surface area contributed by atoms with Gasteiger partial charge in [0.15, 0.2) is 0 Å². The van der Waals surface area contributed by atoms with E-state index in [4.69, 9.17) is 0 Å². The van der Waals surface area contributed by atoms with E-state index in [1.54, 1.807) is 0 Å². The Kier molecular flexibility index (Phi) is 6.26. The molecule has 4 nitrogen and oxygen atoms in total. The molecule has 0 aliphatic carbocycles. The van der Waals surface area contributed by atoms with Gasteiger partial charge in [-0.05, 0) is 43.3 Å². The second-order valence-corrected chi connectivity index (χ2v) is 5.41. The van der Waals surface area contributed by atoms with Gasteiger partial charge in [0.05, 0.1) is 6.54 Å². The van der Waals surface area contributed by atoms with Crippen molar-refractivity contribution in [2.24, 2.45) is 0 Å². The number of aliphatic hydroxyl groups excluding tert-OH is 1. The van der Waals surface area contributed by atoms with Gasteiger partial charge in [-0.2, -0.15) is 0 Å². The normalized spacial score (nSPS) is 12.2. The van der Waals surface area contributed by atoms with Crippen LogP contribution >= 0.6 is 0 Å². The van der Waals surface area contributed by atoms with Crippen LogP contribution in [0.25, 0.3) is 0 Å². The van der Waals surface area contributed by atoms with Crippen molar-refractivity contribution in [3.63, 3.8) is 0 Å². The SMILES string of the molecule is CN(CC(=O)Nc1ccc(F)cc1)C(CCO)c1ccccc1. The van der Waals surface area contributed by atoms with Crippen LogP contribution in [-0.2, 0) is 4.79 Å². The Morgan fingerprint density at radius 3 is 2.43 bits per heavy atom. The van der Waals surface area contributed by atoms with Crippen molar-refractivity contribution in [1.29, 1.82) is 0 Å². The van der Waals surface area contributed by atoms with Crippen LogP contribution in [0, 0.1) is 5.82 Å². The van der Waals surface area contributed by atoms with Crippen LogP contribution in [-0.4, -0.2) is 36.1 Å². The molecule has 2 rings (SSSR count). The van der Waals surface area contributed by atoms with E-state index in [2.05, 4.69) is 5.32 Å². The molecule has 1 unspecified atom stereocenters. The molecule has 122 valence electrons. The molecule has 0 fully saturated rings. The quantitative estimate of drug-likeness (QED) is 0.826. The van der Waals surface area contributed by atoms with Gasteiger partial charge >= 0.3 is 0 Å². The maximum Gasteiger partial charge on any atom is 0.238 e.